The predicted molar refractivity (Wildman–Crippen MR) is 279 cm³/mol. The van der Waals surface area contributed by atoms with Crippen LogP contribution in [0.2, 0.25) is 0 Å². The fraction of sp³-hybridized carbons (Fsp3) is 0.922. The van der Waals surface area contributed by atoms with E-state index in [9.17, 15) is 46.3 Å². The number of aliphatic hydroxyl groups is 1. The molecule has 4 aliphatic carbocycles. The van der Waals surface area contributed by atoms with Crippen molar-refractivity contribution in [3.05, 3.63) is 0 Å². The van der Waals surface area contributed by atoms with Gasteiger partial charge in [-0.15, -0.1) is 0 Å². The van der Waals surface area contributed by atoms with Crippen LogP contribution in [0.1, 0.15) is 130 Å². The van der Waals surface area contributed by atoms with Gasteiger partial charge in [-0.25, -0.2) is 13.2 Å². The van der Waals surface area contributed by atoms with Crippen LogP contribution in [0.25, 0.3) is 0 Å². The van der Waals surface area contributed by atoms with Crippen molar-refractivity contribution < 1.29 is 142 Å². The number of nitrogens with one attached hydrogen (secondary N) is 2. The SMILES string of the molecule is C[C@@H](CCC[C@@H](C)[C@H]1CC[C@H]2[C@@H]3[C@H](O)C[C@H]4[C@@H](OC(=O)CCN=C([O-])CCOCCOCCOCCOCCN=C([O-])CCCC[C@@H]5SC[C@@H]6NC(=O)N[C@@H]65)[C@H](OS(=O)(=O)O)CC[C@]4(C)[C@H]3CC[C@]12C)COS(=O)(=O)O.[Na+].[Na+]. The molecule has 0 aromatic carbocycles. The molecule has 22 nitrogen and oxygen atoms in total. The van der Waals surface area contributed by atoms with Crippen LogP contribution in [0.5, 0.6) is 0 Å². The Hall–Kier alpha value is -0.430. The molecule has 0 spiro atoms. The average molecular weight is 1190 g/mol. The van der Waals surface area contributed by atoms with Crippen LogP contribution in [-0.4, -0.2) is 169 Å². The number of aliphatic imine (C=N–C) groups is 2. The average Bonchev–Trinajstić information content (AvgIpc) is 4.13. The quantitative estimate of drug-likeness (QED) is 0.00860. The van der Waals surface area contributed by atoms with E-state index in [0.29, 0.717) is 69.5 Å². The number of urea groups is 1. The number of amides is 2. The van der Waals surface area contributed by atoms with E-state index in [0.717, 1.165) is 70.0 Å². The molecule has 4 saturated carbocycles. The van der Waals surface area contributed by atoms with Crippen molar-refractivity contribution in [3.63, 3.8) is 0 Å². The van der Waals surface area contributed by atoms with Gasteiger partial charge in [0.15, 0.2) is 0 Å². The normalized spacial score (nSPS) is 32.6. The first-order valence-electron chi connectivity index (χ1n) is 27.6. The first-order chi connectivity index (χ1) is 36.1. The molecule has 2 saturated heterocycles. The van der Waals surface area contributed by atoms with Crippen molar-refractivity contribution in [2.24, 2.45) is 62.2 Å². The molecule has 6 aliphatic rings. The number of carbonyl (C=O) groups is 2. The molecule has 2 aliphatic heterocycles. The standard InChI is InChI=1S/C51H88N4O18S3.2Na/c1-33(31-71-75(61,62)63)8-7-9-34(2)35-12-13-36-46-37(14-18-50(35,36)3)51(4)19-15-41(73-76(64,65)66)48(38(51)30-40(46)56)72-45(59)16-20-52-44(58)17-22-67-24-26-69-28-29-70-27-25-68-23-21-53-43(57)11-6-5-10-42-47-39(32-74-42)54-49(60)55-47;;/h33-42,46-48,56H,5-32H2,1-4H3,(H,52,58)(H,53,57)(H2,54,55,60)(H,61,62,63)(H,64,65,66);;/q;2*+1/p-2/t33-,34+,35+,36-,37-,38-,39-,40+,41+,42-,46-,47-,48+,50+,51+;;/m0../s1. The second-order valence-electron chi connectivity index (χ2n) is 22.6. The van der Waals surface area contributed by atoms with E-state index >= 15 is 0 Å². The molecule has 2 amide bonds. The smallest absolute Gasteiger partial charge is 0.862 e. The molecule has 438 valence electrons. The summed E-state index contributed by atoms with van der Waals surface area (Å²) in [4.78, 5) is 33.0. The van der Waals surface area contributed by atoms with Crippen molar-refractivity contribution in [3.8, 4) is 0 Å². The van der Waals surface area contributed by atoms with Gasteiger partial charge in [-0.2, -0.15) is 28.6 Å². The summed E-state index contributed by atoms with van der Waals surface area (Å²) < 4.78 is 103. The molecular formula is C51H86N4Na2O18S3. The second-order valence-corrected chi connectivity index (χ2v) is 26.0. The van der Waals surface area contributed by atoms with Crippen molar-refractivity contribution >= 4 is 56.4 Å². The van der Waals surface area contributed by atoms with Crippen LogP contribution in [0.4, 0.5) is 4.79 Å². The number of rotatable bonds is 34. The molecule has 0 aromatic heterocycles. The third-order valence-corrected chi connectivity index (χ3v) is 20.0. The number of aliphatic hydroxyl groups excluding tert-OH is 1. The van der Waals surface area contributed by atoms with Crippen LogP contribution in [-0.2, 0) is 57.6 Å². The molecule has 6 rings (SSSR count). The van der Waals surface area contributed by atoms with Gasteiger partial charge in [0.2, 0.25) is 0 Å². The van der Waals surface area contributed by atoms with Crippen molar-refractivity contribution in [1.29, 1.82) is 0 Å². The molecule has 0 bridgehead atoms. The van der Waals surface area contributed by atoms with Crippen LogP contribution in [0.3, 0.4) is 0 Å². The maximum absolute atomic E-state index is 13.4. The number of hydrogen-bond donors (Lipinski definition) is 5. The van der Waals surface area contributed by atoms with Crippen LogP contribution in [0, 0.1) is 52.3 Å². The van der Waals surface area contributed by atoms with Crippen molar-refractivity contribution in [2.45, 2.75) is 166 Å². The van der Waals surface area contributed by atoms with Crippen LogP contribution >= 0.6 is 11.8 Å². The molecule has 0 aromatic rings. The number of esters is 1. The van der Waals surface area contributed by atoms with E-state index in [4.69, 9.17) is 32.4 Å². The Morgan fingerprint density at radius 1 is 0.756 bits per heavy atom. The van der Waals surface area contributed by atoms with E-state index in [1.165, 1.54) is 0 Å². The van der Waals surface area contributed by atoms with Gasteiger partial charge in [0.1, 0.15) is 12.2 Å². The number of thioether (sulfide) groups is 1. The Morgan fingerprint density at radius 3 is 2.06 bits per heavy atom. The number of ether oxygens (including phenoxy) is 5. The number of unbranched alkanes of at least 4 members (excludes halogenated alkanes) is 1. The largest absolute Gasteiger partial charge is 1.00 e. The Bertz CT molecular complexity index is 2160. The molecule has 5 N–H and O–H groups in total. The maximum atomic E-state index is 13.4. The van der Waals surface area contributed by atoms with Gasteiger partial charge in [0, 0.05) is 23.5 Å². The molecule has 0 radical (unpaired) electrons. The number of carbonyl (C=O) groups excluding carboxylic acids is 2. The fourth-order valence-corrected chi connectivity index (χ4v) is 16.4. The predicted octanol–water partition coefficient (Wildman–Crippen LogP) is -2.31. The molecule has 15 atom stereocenters. The summed E-state index contributed by atoms with van der Waals surface area (Å²) in [6.45, 7) is 11.1. The number of fused-ring (bicyclic) bond motifs is 6. The van der Waals surface area contributed by atoms with Crippen molar-refractivity contribution in [1.82, 2.24) is 10.6 Å². The van der Waals surface area contributed by atoms with E-state index in [2.05, 4.69) is 45.6 Å². The van der Waals surface area contributed by atoms with Crippen LogP contribution in [0.15, 0.2) is 9.98 Å². The Balaban J connectivity index is 0.00000656. The van der Waals surface area contributed by atoms with Gasteiger partial charge in [-0.05, 0) is 135 Å². The summed E-state index contributed by atoms with van der Waals surface area (Å²) in [5, 5.41) is 43.0. The van der Waals surface area contributed by atoms with Crippen LogP contribution < -0.4 is 80.0 Å². The zero-order chi connectivity index (χ0) is 55.1. The maximum Gasteiger partial charge on any atom is 1.00 e. The zero-order valence-electron chi connectivity index (χ0n) is 46.9. The molecule has 2 heterocycles. The van der Waals surface area contributed by atoms with E-state index in [1.807, 2.05) is 18.7 Å². The summed E-state index contributed by atoms with van der Waals surface area (Å²) in [5.41, 5.74) is -0.422. The number of hydrogen-bond acceptors (Lipinski definition) is 19. The third kappa shape index (κ3) is 21.0. The minimum absolute atomic E-state index is 0. The van der Waals surface area contributed by atoms with Gasteiger partial charge in [-0.3, -0.25) is 13.9 Å². The molecular weight excluding hydrogens is 1100 g/mol. The first kappa shape index (κ1) is 70.1. The Morgan fingerprint density at radius 2 is 1.38 bits per heavy atom. The monoisotopic (exact) mass is 1180 g/mol. The van der Waals surface area contributed by atoms with E-state index < -0.39 is 62.3 Å². The Labute approximate surface area is 511 Å². The third-order valence-electron chi connectivity index (χ3n) is 17.6. The fourth-order valence-electron chi connectivity index (χ4n) is 13.9. The summed E-state index contributed by atoms with van der Waals surface area (Å²) in [5.74, 6) is 0.344. The minimum atomic E-state index is -4.91. The second kappa shape index (κ2) is 33.3. The zero-order valence-corrected chi connectivity index (χ0v) is 53.3. The van der Waals surface area contributed by atoms with E-state index in [-0.39, 0.29) is 171 Å². The van der Waals surface area contributed by atoms with Gasteiger partial charge < -0.3 is 59.6 Å². The summed E-state index contributed by atoms with van der Waals surface area (Å²) >= 11 is 1.87. The summed E-state index contributed by atoms with van der Waals surface area (Å²) in [7, 11) is -9.38. The van der Waals surface area contributed by atoms with Gasteiger partial charge >= 0.3 is 91.9 Å². The number of nitrogens with zero attached hydrogens (tertiary/aromatic N) is 2. The molecule has 27 heteroatoms. The Kier molecular flexibility index (Phi) is 29.9. The molecule has 6 fully saturated rings. The van der Waals surface area contributed by atoms with Gasteiger partial charge in [-0.1, -0.05) is 47.0 Å². The molecule has 0 unspecified atom stereocenters. The minimum Gasteiger partial charge on any atom is -0.862 e. The molecule has 78 heavy (non-hydrogen) atoms. The summed E-state index contributed by atoms with van der Waals surface area (Å²) in [6.07, 6.45) is 7.31. The van der Waals surface area contributed by atoms with Gasteiger partial charge in [0.05, 0.1) is 90.6 Å². The van der Waals surface area contributed by atoms with Crippen molar-refractivity contribution in [2.75, 3.05) is 78.3 Å². The first-order valence-corrected chi connectivity index (χ1v) is 31.4. The van der Waals surface area contributed by atoms with Gasteiger partial charge in [0.25, 0.3) is 0 Å². The van der Waals surface area contributed by atoms with E-state index in [1.54, 1.807) is 0 Å². The summed E-state index contributed by atoms with van der Waals surface area (Å²) in [6, 6.07) is 0.290. The topological polar surface area (TPSA) is 323 Å².